The standard InChI is InChI=1S/C22H22N2O4S/c23-29(27,28)20-13-11-19(12-14-20)22(26)24(15-17-7-3-1-4-8-17)16-21(25)18-9-5-2-6-10-18/h1-14,21,25H,15-16H2,(H2,23,27,28). The van der Waals surface area contributed by atoms with Gasteiger partial charge in [-0.25, -0.2) is 13.6 Å². The minimum Gasteiger partial charge on any atom is -0.387 e. The molecule has 3 aromatic rings. The molecule has 6 nitrogen and oxygen atoms in total. The van der Waals surface area contributed by atoms with Gasteiger partial charge >= 0.3 is 0 Å². The number of amides is 1. The molecule has 0 saturated heterocycles. The molecule has 0 aromatic heterocycles. The van der Waals surface area contributed by atoms with Gasteiger partial charge < -0.3 is 10.0 Å². The van der Waals surface area contributed by atoms with Crippen LogP contribution in [0, 0.1) is 0 Å². The molecule has 1 atom stereocenters. The van der Waals surface area contributed by atoms with Crippen molar-refractivity contribution in [3.05, 3.63) is 102 Å². The van der Waals surface area contributed by atoms with E-state index >= 15 is 0 Å². The third-order valence-electron chi connectivity index (χ3n) is 4.51. The lowest BCUT2D eigenvalue weighted by Crippen LogP contribution is -2.34. The van der Waals surface area contributed by atoms with E-state index in [2.05, 4.69) is 0 Å². The van der Waals surface area contributed by atoms with Crippen molar-refractivity contribution in [2.45, 2.75) is 17.5 Å². The highest BCUT2D eigenvalue weighted by Gasteiger charge is 2.21. The Hall–Kier alpha value is -3.00. The van der Waals surface area contributed by atoms with Crippen LogP contribution >= 0.6 is 0 Å². The number of benzene rings is 3. The Kier molecular flexibility index (Phi) is 6.43. The maximum atomic E-state index is 13.1. The summed E-state index contributed by atoms with van der Waals surface area (Å²) in [6.07, 6.45) is -0.854. The van der Waals surface area contributed by atoms with Crippen LogP contribution in [0.5, 0.6) is 0 Å². The zero-order chi connectivity index (χ0) is 20.9. The summed E-state index contributed by atoms with van der Waals surface area (Å²) in [5.41, 5.74) is 1.94. The number of carbonyl (C=O) groups excluding carboxylic acids is 1. The van der Waals surface area contributed by atoms with E-state index in [0.717, 1.165) is 5.56 Å². The summed E-state index contributed by atoms with van der Waals surface area (Å²) in [5, 5.41) is 15.7. The van der Waals surface area contributed by atoms with Gasteiger partial charge in [0.2, 0.25) is 10.0 Å². The predicted octanol–water partition coefficient (Wildman–Crippen LogP) is 2.71. The third-order valence-corrected chi connectivity index (χ3v) is 5.44. The number of primary sulfonamides is 1. The molecule has 1 unspecified atom stereocenters. The number of hydrogen-bond donors (Lipinski definition) is 2. The molecule has 0 radical (unpaired) electrons. The summed E-state index contributed by atoms with van der Waals surface area (Å²) in [5.74, 6) is -0.315. The average molecular weight is 410 g/mol. The fourth-order valence-electron chi connectivity index (χ4n) is 2.98. The largest absolute Gasteiger partial charge is 0.387 e. The molecular weight excluding hydrogens is 388 g/mol. The second-order valence-corrected chi connectivity index (χ2v) is 8.23. The van der Waals surface area contributed by atoms with Crippen LogP contribution in [0.1, 0.15) is 27.6 Å². The van der Waals surface area contributed by atoms with Gasteiger partial charge in [-0.1, -0.05) is 60.7 Å². The first-order valence-corrected chi connectivity index (χ1v) is 10.6. The molecular formula is C22H22N2O4S. The second-order valence-electron chi connectivity index (χ2n) is 6.67. The Morgan fingerprint density at radius 2 is 1.45 bits per heavy atom. The smallest absolute Gasteiger partial charge is 0.254 e. The number of carbonyl (C=O) groups is 1. The fraction of sp³-hybridized carbons (Fsp3) is 0.136. The van der Waals surface area contributed by atoms with Crippen molar-refractivity contribution < 1.29 is 18.3 Å². The highest BCUT2D eigenvalue weighted by Crippen LogP contribution is 2.19. The third kappa shape index (κ3) is 5.51. The minimum absolute atomic E-state index is 0.0621. The summed E-state index contributed by atoms with van der Waals surface area (Å²) in [6, 6.07) is 24.0. The summed E-state index contributed by atoms with van der Waals surface area (Å²) in [4.78, 5) is 14.6. The number of hydrogen-bond acceptors (Lipinski definition) is 4. The summed E-state index contributed by atoms with van der Waals surface area (Å²) in [7, 11) is -3.83. The maximum absolute atomic E-state index is 13.1. The fourth-order valence-corrected chi connectivity index (χ4v) is 3.50. The number of sulfonamides is 1. The van der Waals surface area contributed by atoms with Gasteiger partial charge in [0.25, 0.3) is 5.91 Å². The molecule has 0 spiro atoms. The molecule has 0 heterocycles. The molecule has 3 aromatic carbocycles. The van der Waals surface area contributed by atoms with Gasteiger partial charge in [-0.2, -0.15) is 0 Å². The molecule has 150 valence electrons. The number of nitrogens with zero attached hydrogens (tertiary/aromatic N) is 1. The molecule has 1 amide bonds. The maximum Gasteiger partial charge on any atom is 0.254 e. The molecule has 3 N–H and O–H groups in total. The normalized spacial score (nSPS) is 12.3. The molecule has 0 aliphatic rings. The van der Waals surface area contributed by atoms with E-state index in [0.29, 0.717) is 17.7 Å². The Morgan fingerprint density at radius 3 is 2.00 bits per heavy atom. The van der Waals surface area contributed by atoms with Crippen molar-refractivity contribution in [3.63, 3.8) is 0 Å². The topological polar surface area (TPSA) is 101 Å². The highest BCUT2D eigenvalue weighted by molar-refractivity contribution is 7.89. The lowest BCUT2D eigenvalue weighted by atomic mass is 10.1. The van der Waals surface area contributed by atoms with Gasteiger partial charge in [0.15, 0.2) is 0 Å². The molecule has 29 heavy (non-hydrogen) atoms. The minimum atomic E-state index is -3.83. The predicted molar refractivity (Wildman–Crippen MR) is 110 cm³/mol. The molecule has 3 rings (SSSR count). The van der Waals surface area contributed by atoms with E-state index in [1.807, 2.05) is 48.5 Å². The Labute approximate surface area is 170 Å². The van der Waals surface area contributed by atoms with Gasteiger partial charge in [0.05, 0.1) is 17.5 Å². The van der Waals surface area contributed by atoms with E-state index in [-0.39, 0.29) is 17.3 Å². The average Bonchev–Trinajstić information content (AvgIpc) is 2.73. The van der Waals surface area contributed by atoms with Crippen LogP contribution in [-0.4, -0.2) is 30.9 Å². The molecule has 0 bridgehead atoms. The zero-order valence-corrected chi connectivity index (χ0v) is 16.5. The van der Waals surface area contributed by atoms with Gasteiger partial charge in [-0.05, 0) is 35.4 Å². The van der Waals surface area contributed by atoms with Gasteiger partial charge in [0, 0.05) is 12.1 Å². The van der Waals surface area contributed by atoms with Crippen LogP contribution in [0.3, 0.4) is 0 Å². The van der Waals surface area contributed by atoms with E-state index in [1.54, 1.807) is 17.0 Å². The SMILES string of the molecule is NS(=O)(=O)c1ccc(C(=O)N(Cc2ccccc2)CC(O)c2ccccc2)cc1. The van der Waals surface area contributed by atoms with Crippen molar-refractivity contribution >= 4 is 15.9 Å². The van der Waals surface area contributed by atoms with Crippen LogP contribution in [0.4, 0.5) is 0 Å². The molecule has 0 aliphatic heterocycles. The molecule has 0 aliphatic carbocycles. The number of rotatable bonds is 7. The second kappa shape index (κ2) is 9.00. The number of aliphatic hydroxyl groups excluding tert-OH is 1. The van der Waals surface area contributed by atoms with Crippen molar-refractivity contribution in [2.24, 2.45) is 5.14 Å². The van der Waals surface area contributed by atoms with E-state index < -0.39 is 16.1 Å². The summed E-state index contributed by atoms with van der Waals surface area (Å²) >= 11 is 0. The van der Waals surface area contributed by atoms with Crippen LogP contribution in [0.25, 0.3) is 0 Å². The molecule has 7 heteroatoms. The quantitative estimate of drug-likeness (QED) is 0.625. The van der Waals surface area contributed by atoms with Crippen LogP contribution in [0.2, 0.25) is 0 Å². The number of aliphatic hydroxyl groups is 1. The van der Waals surface area contributed by atoms with Crippen molar-refractivity contribution in [1.29, 1.82) is 0 Å². The van der Waals surface area contributed by atoms with Gasteiger partial charge in [-0.15, -0.1) is 0 Å². The van der Waals surface area contributed by atoms with Crippen molar-refractivity contribution in [1.82, 2.24) is 4.90 Å². The first-order valence-electron chi connectivity index (χ1n) is 9.03. The Morgan fingerprint density at radius 1 is 0.897 bits per heavy atom. The van der Waals surface area contributed by atoms with Crippen LogP contribution < -0.4 is 5.14 Å². The van der Waals surface area contributed by atoms with Crippen molar-refractivity contribution in [3.8, 4) is 0 Å². The number of nitrogens with two attached hydrogens (primary N) is 1. The Balaban J connectivity index is 1.86. The molecule has 0 saturated carbocycles. The highest BCUT2D eigenvalue weighted by atomic mass is 32.2. The Bertz CT molecular complexity index is 1050. The zero-order valence-electron chi connectivity index (χ0n) is 15.7. The summed E-state index contributed by atoms with van der Waals surface area (Å²) in [6.45, 7) is 0.398. The van der Waals surface area contributed by atoms with E-state index in [9.17, 15) is 18.3 Å². The van der Waals surface area contributed by atoms with Crippen LogP contribution in [0.15, 0.2) is 89.8 Å². The first kappa shape index (κ1) is 20.7. The van der Waals surface area contributed by atoms with Crippen molar-refractivity contribution in [2.75, 3.05) is 6.54 Å². The van der Waals surface area contributed by atoms with E-state index in [4.69, 9.17) is 5.14 Å². The first-order chi connectivity index (χ1) is 13.8. The monoisotopic (exact) mass is 410 g/mol. The van der Waals surface area contributed by atoms with Crippen LogP contribution in [-0.2, 0) is 16.6 Å². The lowest BCUT2D eigenvalue weighted by Gasteiger charge is -2.26. The van der Waals surface area contributed by atoms with Gasteiger partial charge in [0.1, 0.15) is 0 Å². The van der Waals surface area contributed by atoms with E-state index in [1.165, 1.54) is 24.3 Å². The summed E-state index contributed by atoms with van der Waals surface area (Å²) < 4.78 is 22.9. The lowest BCUT2D eigenvalue weighted by molar-refractivity contribution is 0.0603. The molecule has 0 fully saturated rings. The van der Waals surface area contributed by atoms with Gasteiger partial charge in [-0.3, -0.25) is 4.79 Å².